The third-order valence-electron chi connectivity index (χ3n) is 5.84. The molecule has 1 nitrogen and oxygen atoms in total. The highest BCUT2D eigenvalue weighted by Gasteiger charge is 2.30. The Labute approximate surface area is 194 Å². The van der Waals surface area contributed by atoms with Gasteiger partial charge in [-0.2, -0.15) is 13.2 Å². The largest absolute Gasteiger partial charge is 0.416 e. The molecule has 0 fully saturated rings. The van der Waals surface area contributed by atoms with E-state index in [0.717, 1.165) is 50.5 Å². The molecule has 4 rings (SSSR count). The van der Waals surface area contributed by atoms with Crippen LogP contribution >= 0.6 is 12.4 Å². The van der Waals surface area contributed by atoms with Crippen LogP contribution in [0.25, 0.3) is 5.57 Å². The molecule has 1 heterocycles. The van der Waals surface area contributed by atoms with E-state index in [1.165, 1.54) is 28.8 Å². The maximum Gasteiger partial charge on any atom is 0.416 e. The lowest BCUT2D eigenvalue weighted by atomic mass is 9.97. The van der Waals surface area contributed by atoms with Gasteiger partial charge in [0.15, 0.2) is 0 Å². The molecule has 0 atom stereocenters. The normalized spacial score (nSPS) is 14.5. The van der Waals surface area contributed by atoms with E-state index >= 15 is 0 Å². The lowest BCUT2D eigenvalue weighted by Gasteiger charge is -2.26. The summed E-state index contributed by atoms with van der Waals surface area (Å²) in [4.78, 5) is 2.36. The first-order chi connectivity index (χ1) is 15.0. The van der Waals surface area contributed by atoms with Crippen LogP contribution in [-0.2, 0) is 19.0 Å². The zero-order chi connectivity index (χ0) is 21.7. The Kier molecular flexibility index (Phi) is 8.16. The Morgan fingerprint density at radius 2 is 1.47 bits per heavy atom. The molecule has 0 saturated heterocycles. The van der Waals surface area contributed by atoms with Gasteiger partial charge in [-0.15, -0.1) is 12.4 Å². The van der Waals surface area contributed by atoms with Crippen molar-refractivity contribution in [1.29, 1.82) is 0 Å². The van der Waals surface area contributed by atoms with Crippen LogP contribution in [0, 0.1) is 0 Å². The fraction of sp³-hybridized carbons (Fsp3) is 0.259. The van der Waals surface area contributed by atoms with Gasteiger partial charge < -0.3 is 0 Å². The Bertz CT molecular complexity index is 1030. The quantitative estimate of drug-likeness (QED) is 0.383. The fourth-order valence-corrected chi connectivity index (χ4v) is 4.01. The van der Waals surface area contributed by atoms with E-state index < -0.39 is 11.7 Å². The van der Waals surface area contributed by atoms with Crippen molar-refractivity contribution >= 4 is 18.0 Å². The molecule has 0 aromatic heterocycles. The molecule has 3 aromatic rings. The molecular formula is C27H27ClF3N. The van der Waals surface area contributed by atoms with E-state index in [-0.39, 0.29) is 12.4 Å². The standard InChI is InChI=1S/C27H26F3N.ClH/c28-27(29,30)26-8-4-7-25(20-26)24-14-17-31(18-15-24)16-13-21-9-11-23(12-10-21)19-22-5-2-1-3-6-22;/h1-12,14,20H,13,15-19H2;1H. The molecule has 5 heteroatoms. The first-order valence-corrected chi connectivity index (χ1v) is 10.7. The number of halogens is 4. The lowest BCUT2D eigenvalue weighted by Crippen LogP contribution is -2.30. The molecule has 3 aromatic carbocycles. The molecule has 0 unspecified atom stereocenters. The van der Waals surface area contributed by atoms with E-state index in [4.69, 9.17) is 0 Å². The Hall–Kier alpha value is -2.56. The molecule has 0 aliphatic carbocycles. The van der Waals surface area contributed by atoms with Gasteiger partial charge in [-0.25, -0.2) is 0 Å². The first kappa shape index (κ1) is 24.1. The van der Waals surface area contributed by atoms with Gasteiger partial charge in [0.2, 0.25) is 0 Å². The summed E-state index contributed by atoms with van der Waals surface area (Å²) < 4.78 is 38.9. The first-order valence-electron chi connectivity index (χ1n) is 10.7. The number of alkyl halides is 3. The van der Waals surface area contributed by atoms with Gasteiger partial charge >= 0.3 is 6.18 Å². The molecule has 0 amide bonds. The summed E-state index contributed by atoms with van der Waals surface area (Å²) in [6, 6.07) is 24.9. The van der Waals surface area contributed by atoms with Gasteiger partial charge in [-0.3, -0.25) is 4.90 Å². The molecule has 32 heavy (non-hydrogen) atoms. The van der Waals surface area contributed by atoms with Crippen LogP contribution in [0.1, 0.15) is 34.2 Å². The minimum atomic E-state index is -4.30. The third-order valence-corrected chi connectivity index (χ3v) is 5.84. The summed E-state index contributed by atoms with van der Waals surface area (Å²) in [7, 11) is 0. The molecule has 0 radical (unpaired) electrons. The Morgan fingerprint density at radius 3 is 2.12 bits per heavy atom. The van der Waals surface area contributed by atoms with Crippen LogP contribution in [-0.4, -0.2) is 24.5 Å². The summed E-state index contributed by atoms with van der Waals surface area (Å²) in [5.74, 6) is 0. The van der Waals surface area contributed by atoms with E-state index in [9.17, 15) is 13.2 Å². The van der Waals surface area contributed by atoms with Crippen molar-refractivity contribution in [2.24, 2.45) is 0 Å². The lowest BCUT2D eigenvalue weighted by molar-refractivity contribution is -0.137. The molecule has 1 aliphatic rings. The van der Waals surface area contributed by atoms with Crippen molar-refractivity contribution < 1.29 is 13.2 Å². The maximum atomic E-state index is 13.0. The van der Waals surface area contributed by atoms with Crippen LogP contribution in [0.3, 0.4) is 0 Å². The van der Waals surface area contributed by atoms with Crippen LogP contribution in [0.5, 0.6) is 0 Å². The van der Waals surface area contributed by atoms with Gasteiger partial charge in [0, 0.05) is 19.6 Å². The second-order valence-corrected chi connectivity index (χ2v) is 8.09. The Morgan fingerprint density at radius 1 is 0.781 bits per heavy atom. The predicted octanol–water partition coefficient (Wildman–Crippen LogP) is 7.05. The zero-order valence-electron chi connectivity index (χ0n) is 17.8. The molecule has 0 spiro atoms. The average Bonchev–Trinajstić information content (AvgIpc) is 2.79. The molecule has 1 aliphatic heterocycles. The fourth-order valence-electron chi connectivity index (χ4n) is 4.01. The number of nitrogens with zero attached hydrogens (tertiary/aromatic N) is 1. The van der Waals surface area contributed by atoms with Crippen molar-refractivity contribution in [2.45, 2.75) is 25.4 Å². The van der Waals surface area contributed by atoms with E-state index in [1.807, 2.05) is 6.07 Å². The van der Waals surface area contributed by atoms with Gasteiger partial charge in [-0.1, -0.05) is 72.8 Å². The molecule has 0 saturated carbocycles. The molecule has 0 bridgehead atoms. The number of rotatable bonds is 6. The Balaban J connectivity index is 0.00000289. The maximum absolute atomic E-state index is 13.0. The number of hydrogen-bond donors (Lipinski definition) is 0. The summed E-state index contributed by atoms with van der Waals surface area (Å²) >= 11 is 0. The van der Waals surface area contributed by atoms with Crippen molar-refractivity contribution in [1.82, 2.24) is 4.90 Å². The van der Waals surface area contributed by atoms with Gasteiger partial charge in [0.1, 0.15) is 0 Å². The monoisotopic (exact) mass is 457 g/mol. The van der Waals surface area contributed by atoms with Crippen LogP contribution in [0.2, 0.25) is 0 Å². The average molecular weight is 458 g/mol. The van der Waals surface area contributed by atoms with Gasteiger partial charge in [0.05, 0.1) is 5.56 Å². The topological polar surface area (TPSA) is 3.24 Å². The second kappa shape index (κ2) is 10.8. The van der Waals surface area contributed by atoms with Crippen molar-refractivity contribution in [3.05, 3.63) is 113 Å². The minimum Gasteiger partial charge on any atom is -0.299 e. The van der Waals surface area contributed by atoms with Crippen molar-refractivity contribution in [2.75, 3.05) is 19.6 Å². The van der Waals surface area contributed by atoms with Crippen LogP contribution < -0.4 is 0 Å². The highest BCUT2D eigenvalue weighted by atomic mass is 35.5. The molecular weight excluding hydrogens is 431 g/mol. The molecule has 0 N–H and O–H groups in total. The number of hydrogen-bond acceptors (Lipinski definition) is 1. The summed E-state index contributed by atoms with van der Waals surface area (Å²) in [6.45, 7) is 2.59. The third kappa shape index (κ3) is 6.47. The molecule has 168 valence electrons. The highest BCUT2D eigenvalue weighted by molar-refractivity contribution is 5.85. The van der Waals surface area contributed by atoms with Gasteiger partial charge in [0.25, 0.3) is 0 Å². The second-order valence-electron chi connectivity index (χ2n) is 8.09. The zero-order valence-corrected chi connectivity index (χ0v) is 18.6. The minimum absolute atomic E-state index is 0. The highest BCUT2D eigenvalue weighted by Crippen LogP contribution is 2.32. The van der Waals surface area contributed by atoms with Gasteiger partial charge in [-0.05, 0) is 59.2 Å². The smallest absolute Gasteiger partial charge is 0.299 e. The van der Waals surface area contributed by atoms with E-state index in [1.54, 1.807) is 6.07 Å². The van der Waals surface area contributed by atoms with E-state index in [2.05, 4.69) is 59.5 Å². The summed E-state index contributed by atoms with van der Waals surface area (Å²) in [5.41, 5.74) is 5.04. The van der Waals surface area contributed by atoms with Crippen LogP contribution in [0.4, 0.5) is 13.2 Å². The SMILES string of the molecule is Cl.FC(F)(F)c1cccc(C2=CCN(CCc3ccc(Cc4ccccc4)cc3)CC2)c1. The number of benzene rings is 3. The van der Waals surface area contributed by atoms with Crippen molar-refractivity contribution in [3.63, 3.8) is 0 Å². The van der Waals surface area contributed by atoms with Crippen LogP contribution in [0.15, 0.2) is 84.9 Å². The predicted molar refractivity (Wildman–Crippen MR) is 127 cm³/mol. The summed E-state index contributed by atoms with van der Waals surface area (Å²) in [5, 5.41) is 0. The summed E-state index contributed by atoms with van der Waals surface area (Å²) in [6.07, 6.45) is 0.460. The van der Waals surface area contributed by atoms with Crippen molar-refractivity contribution in [3.8, 4) is 0 Å². The van der Waals surface area contributed by atoms with E-state index in [0.29, 0.717) is 5.56 Å².